The van der Waals surface area contributed by atoms with E-state index in [4.69, 9.17) is 16.3 Å². The van der Waals surface area contributed by atoms with Crippen LogP contribution in [-0.2, 0) is 6.42 Å². The topological polar surface area (TPSA) is 9.23 Å². The molecule has 0 fully saturated rings. The summed E-state index contributed by atoms with van der Waals surface area (Å²) in [6.45, 7) is 2.07. The van der Waals surface area contributed by atoms with Crippen molar-refractivity contribution in [3.63, 3.8) is 0 Å². The zero-order chi connectivity index (χ0) is 13.1. The molecule has 18 heavy (non-hydrogen) atoms. The van der Waals surface area contributed by atoms with E-state index in [1.807, 2.05) is 11.4 Å². The Kier molecular flexibility index (Phi) is 4.25. The maximum Gasteiger partial charge on any atom is 0.131 e. The van der Waals surface area contributed by atoms with Crippen molar-refractivity contribution in [1.29, 1.82) is 0 Å². The summed E-state index contributed by atoms with van der Waals surface area (Å²) in [5, 5.41) is 1.55. The minimum atomic E-state index is -0.439. The molecule has 0 N–H and O–H groups in total. The Morgan fingerprint density at radius 2 is 2.17 bits per heavy atom. The molecular weight excluding hydrogens is 271 g/mol. The van der Waals surface area contributed by atoms with Gasteiger partial charge in [-0.15, -0.1) is 22.9 Å². The molecule has 2 rings (SSSR count). The van der Waals surface area contributed by atoms with Crippen molar-refractivity contribution in [1.82, 2.24) is 0 Å². The zero-order valence-electron chi connectivity index (χ0n) is 10.2. The molecule has 0 aliphatic rings. The summed E-state index contributed by atoms with van der Waals surface area (Å²) >= 11 is 7.95. The van der Waals surface area contributed by atoms with Crippen molar-refractivity contribution in [2.24, 2.45) is 0 Å². The summed E-state index contributed by atoms with van der Waals surface area (Å²) in [6, 6.07) is 6.82. The molecule has 0 radical (unpaired) electrons. The number of aryl methyl sites for hydroxylation is 1. The van der Waals surface area contributed by atoms with Crippen molar-refractivity contribution in [2.75, 3.05) is 7.11 Å². The maximum absolute atomic E-state index is 14.0. The quantitative estimate of drug-likeness (QED) is 0.734. The predicted octanol–water partition coefficient (Wildman–Crippen LogP) is 4.79. The molecule has 0 aliphatic heterocycles. The highest BCUT2D eigenvalue weighted by molar-refractivity contribution is 7.10. The molecule has 1 heterocycles. The summed E-state index contributed by atoms with van der Waals surface area (Å²) in [6.07, 6.45) is 0.903. The molecule has 1 aromatic carbocycles. The Bertz CT molecular complexity index is 538. The summed E-state index contributed by atoms with van der Waals surface area (Å²) in [5.41, 5.74) is 1.67. The van der Waals surface area contributed by atoms with Crippen LogP contribution in [0.3, 0.4) is 0 Å². The van der Waals surface area contributed by atoms with E-state index >= 15 is 0 Å². The number of benzene rings is 1. The van der Waals surface area contributed by atoms with Gasteiger partial charge in [0.25, 0.3) is 0 Å². The molecule has 0 bridgehead atoms. The predicted molar refractivity (Wildman–Crippen MR) is 74.3 cm³/mol. The molecule has 0 spiro atoms. The lowest BCUT2D eigenvalue weighted by atomic mass is 10.1. The Hall–Kier alpha value is -1.06. The number of methoxy groups -OCH3 is 1. The highest BCUT2D eigenvalue weighted by atomic mass is 35.5. The van der Waals surface area contributed by atoms with Crippen LogP contribution in [0.5, 0.6) is 5.75 Å². The second kappa shape index (κ2) is 5.72. The average molecular weight is 285 g/mol. The van der Waals surface area contributed by atoms with E-state index in [2.05, 4.69) is 6.92 Å². The van der Waals surface area contributed by atoms with E-state index in [1.165, 1.54) is 18.7 Å². The van der Waals surface area contributed by atoms with Crippen LogP contribution in [0.4, 0.5) is 4.39 Å². The third-order valence-corrected chi connectivity index (χ3v) is 4.48. The highest BCUT2D eigenvalue weighted by Crippen LogP contribution is 2.37. The molecule has 1 nitrogen and oxygen atoms in total. The standard InChI is InChI=1S/C14H14ClFOS/c1-3-9-6-7-18-14(9)13(15)11-5-4-10(17-2)8-12(11)16/h4-8,13H,3H2,1-2H3. The number of hydrogen-bond acceptors (Lipinski definition) is 2. The number of hydrogen-bond donors (Lipinski definition) is 0. The van der Waals surface area contributed by atoms with Gasteiger partial charge >= 0.3 is 0 Å². The fraction of sp³-hybridized carbons (Fsp3) is 0.286. The smallest absolute Gasteiger partial charge is 0.131 e. The van der Waals surface area contributed by atoms with Crippen LogP contribution in [0.25, 0.3) is 0 Å². The lowest BCUT2D eigenvalue weighted by molar-refractivity contribution is 0.411. The first-order valence-electron chi connectivity index (χ1n) is 5.71. The number of alkyl halides is 1. The van der Waals surface area contributed by atoms with Crippen molar-refractivity contribution in [3.8, 4) is 5.75 Å². The van der Waals surface area contributed by atoms with Crippen LogP contribution in [0, 0.1) is 5.82 Å². The summed E-state index contributed by atoms with van der Waals surface area (Å²) < 4.78 is 18.9. The molecule has 0 aliphatic carbocycles. The number of rotatable bonds is 4. The molecule has 0 saturated heterocycles. The van der Waals surface area contributed by atoms with Gasteiger partial charge in [0.2, 0.25) is 0 Å². The van der Waals surface area contributed by atoms with Gasteiger partial charge in [0, 0.05) is 16.5 Å². The van der Waals surface area contributed by atoms with Gasteiger partial charge in [-0.05, 0) is 29.5 Å². The number of thiophene rings is 1. The largest absolute Gasteiger partial charge is 0.497 e. The molecule has 0 amide bonds. The van der Waals surface area contributed by atoms with Crippen LogP contribution >= 0.6 is 22.9 Å². The third-order valence-electron chi connectivity index (χ3n) is 2.87. The van der Waals surface area contributed by atoms with Crippen LogP contribution in [0.15, 0.2) is 29.6 Å². The summed E-state index contributed by atoms with van der Waals surface area (Å²) in [4.78, 5) is 1.02. The molecular formula is C14H14ClFOS. The van der Waals surface area contributed by atoms with E-state index < -0.39 is 5.38 Å². The first-order chi connectivity index (χ1) is 8.67. The van der Waals surface area contributed by atoms with Crippen molar-refractivity contribution < 1.29 is 9.13 Å². The van der Waals surface area contributed by atoms with Gasteiger partial charge in [-0.3, -0.25) is 0 Å². The molecule has 2 aromatic rings. The molecule has 1 atom stereocenters. The van der Waals surface area contributed by atoms with Gasteiger partial charge in [-0.1, -0.05) is 13.0 Å². The molecule has 96 valence electrons. The zero-order valence-corrected chi connectivity index (χ0v) is 11.8. The van der Waals surface area contributed by atoms with Crippen LogP contribution in [0.2, 0.25) is 0 Å². The fourth-order valence-corrected chi connectivity index (χ4v) is 3.30. The van der Waals surface area contributed by atoms with Crippen LogP contribution in [0.1, 0.15) is 28.3 Å². The lowest BCUT2D eigenvalue weighted by Crippen LogP contribution is -1.98. The third kappa shape index (κ3) is 2.52. The first-order valence-corrected chi connectivity index (χ1v) is 7.02. The van der Waals surface area contributed by atoms with E-state index in [1.54, 1.807) is 23.5 Å². The van der Waals surface area contributed by atoms with E-state index in [0.29, 0.717) is 11.3 Å². The highest BCUT2D eigenvalue weighted by Gasteiger charge is 2.19. The summed E-state index contributed by atoms with van der Waals surface area (Å²) in [5.74, 6) is 0.173. The van der Waals surface area contributed by atoms with Gasteiger partial charge in [0.15, 0.2) is 0 Å². The Morgan fingerprint density at radius 1 is 1.39 bits per heavy atom. The van der Waals surface area contributed by atoms with E-state index in [0.717, 1.165) is 11.3 Å². The van der Waals surface area contributed by atoms with E-state index in [9.17, 15) is 4.39 Å². The Labute approximate surface area is 115 Å². The first kappa shape index (κ1) is 13.4. The van der Waals surface area contributed by atoms with Gasteiger partial charge < -0.3 is 4.74 Å². The van der Waals surface area contributed by atoms with Gasteiger partial charge in [-0.2, -0.15) is 0 Å². The number of halogens is 2. The molecule has 4 heteroatoms. The molecule has 0 saturated carbocycles. The van der Waals surface area contributed by atoms with Gasteiger partial charge in [0.1, 0.15) is 11.6 Å². The van der Waals surface area contributed by atoms with E-state index in [-0.39, 0.29) is 5.82 Å². The maximum atomic E-state index is 14.0. The summed E-state index contributed by atoms with van der Waals surface area (Å²) in [7, 11) is 1.51. The van der Waals surface area contributed by atoms with Gasteiger partial charge in [-0.25, -0.2) is 4.39 Å². The minimum absolute atomic E-state index is 0.329. The second-order valence-corrected chi connectivity index (χ2v) is 5.30. The normalized spacial score (nSPS) is 12.4. The Balaban J connectivity index is 2.37. The minimum Gasteiger partial charge on any atom is -0.497 e. The lowest BCUT2D eigenvalue weighted by Gasteiger charge is -2.12. The van der Waals surface area contributed by atoms with Crippen molar-refractivity contribution in [2.45, 2.75) is 18.7 Å². The SMILES string of the molecule is CCc1ccsc1C(Cl)c1ccc(OC)cc1F. The monoisotopic (exact) mass is 284 g/mol. The Morgan fingerprint density at radius 3 is 2.78 bits per heavy atom. The molecule has 1 aromatic heterocycles. The van der Waals surface area contributed by atoms with Gasteiger partial charge in [0.05, 0.1) is 12.5 Å². The fourth-order valence-electron chi connectivity index (χ4n) is 1.84. The van der Waals surface area contributed by atoms with Crippen LogP contribution < -0.4 is 4.74 Å². The number of ether oxygens (including phenoxy) is 1. The molecule has 1 unspecified atom stereocenters. The van der Waals surface area contributed by atoms with Crippen molar-refractivity contribution in [3.05, 3.63) is 51.5 Å². The average Bonchev–Trinajstić information content (AvgIpc) is 2.86. The van der Waals surface area contributed by atoms with Crippen LogP contribution in [-0.4, -0.2) is 7.11 Å². The van der Waals surface area contributed by atoms with Crippen molar-refractivity contribution >= 4 is 22.9 Å². The second-order valence-electron chi connectivity index (χ2n) is 3.91.